The molecule has 4 N–H and O–H groups in total. The summed E-state index contributed by atoms with van der Waals surface area (Å²) in [6.07, 6.45) is 1.43. The molecule has 4 heterocycles. The van der Waals surface area contributed by atoms with Crippen molar-refractivity contribution in [2.24, 2.45) is 11.8 Å². The molecule has 0 saturated carbocycles. The Morgan fingerprint density at radius 2 is 1.87 bits per heavy atom. The quantitative estimate of drug-likeness (QED) is 0.266. The predicted molar refractivity (Wildman–Crippen MR) is 167 cm³/mol. The van der Waals surface area contributed by atoms with Crippen LogP contribution in [0.1, 0.15) is 59.3 Å². The summed E-state index contributed by atoms with van der Waals surface area (Å²) >= 11 is 1.02. The third-order valence-electron chi connectivity index (χ3n) is 9.63. The van der Waals surface area contributed by atoms with Crippen LogP contribution in [0.2, 0.25) is 0 Å². The van der Waals surface area contributed by atoms with Crippen LogP contribution in [0, 0.1) is 23.2 Å². The molecule has 1 aromatic heterocycles. The molecule has 0 spiro atoms. The Bertz CT molecular complexity index is 1730. The highest BCUT2D eigenvalue weighted by atomic mass is 32.1. The van der Waals surface area contributed by atoms with E-state index in [9.17, 15) is 33.3 Å². The predicted octanol–water partition coefficient (Wildman–Crippen LogP) is 4.57. The summed E-state index contributed by atoms with van der Waals surface area (Å²) in [7, 11) is -5.76. The van der Waals surface area contributed by atoms with E-state index in [2.05, 4.69) is 11.4 Å². The number of likely N-dealkylation sites (tertiary alicyclic amines) is 1. The summed E-state index contributed by atoms with van der Waals surface area (Å²) in [4.78, 5) is 49.5. The fraction of sp³-hybridized carbons (Fsp3) is 0.469. The Kier molecular flexibility index (Phi) is 8.82. The minimum absolute atomic E-state index is 0.0645. The summed E-state index contributed by atoms with van der Waals surface area (Å²) in [6, 6.07) is 15.2. The molecule has 2 amide bonds. The van der Waals surface area contributed by atoms with Gasteiger partial charge in [-0.2, -0.15) is 14.0 Å². The average Bonchev–Trinajstić information content (AvgIpc) is 3.74. The van der Waals surface area contributed by atoms with Crippen LogP contribution in [0.25, 0.3) is 10.1 Å². The number of carbonyl (C=O) groups is 2. The number of fused-ring (bicyclic) bond motifs is 2. The van der Waals surface area contributed by atoms with Crippen LogP contribution in [0.3, 0.4) is 0 Å². The lowest BCUT2D eigenvalue weighted by molar-refractivity contribution is -0.141. The van der Waals surface area contributed by atoms with Crippen LogP contribution < -0.4 is 5.32 Å². The molecule has 10 nitrogen and oxygen atoms in total. The number of benzene rings is 2. The highest BCUT2D eigenvalue weighted by molar-refractivity contribution is 7.52. The number of aliphatic hydroxyl groups excluding tert-OH is 1. The van der Waals surface area contributed by atoms with Gasteiger partial charge in [0.15, 0.2) is 0 Å². The molecule has 3 fully saturated rings. The number of nitrogens with zero attached hydrogens (tertiary/aromatic N) is 3. The number of alkyl halides is 2. The van der Waals surface area contributed by atoms with Crippen molar-refractivity contribution in [3.05, 3.63) is 70.6 Å². The lowest BCUT2D eigenvalue weighted by Crippen LogP contribution is -2.56. The lowest BCUT2D eigenvalue weighted by atomic mass is 9.90. The number of nitriles is 1. The summed E-state index contributed by atoms with van der Waals surface area (Å²) in [5, 5.41) is 24.6. The third-order valence-corrected chi connectivity index (χ3v) is 11.7. The molecule has 14 heteroatoms. The van der Waals surface area contributed by atoms with Crippen molar-refractivity contribution in [2.75, 3.05) is 13.1 Å². The van der Waals surface area contributed by atoms with E-state index in [1.165, 1.54) is 12.1 Å². The van der Waals surface area contributed by atoms with Crippen molar-refractivity contribution in [1.82, 2.24) is 15.1 Å². The van der Waals surface area contributed by atoms with Gasteiger partial charge in [-0.3, -0.25) is 19.1 Å². The zero-order valence-corrected chi connectivity index (χ0v) is 26.7. The fourth-order valence-corrected chi connectivity index (χ4v) is 8.77. The number of carbonyl (C=O) groups excluding carboxylic acids is 2. The van der Waals surface area contributed by atoms with Gasteiger partial charge in [0.1, 0.15) is 12.3 Å². The Morgan fingerprint density at radius 1 is 1.13 bits per heavy atom. The standard InChI is InChI=1S/C32H35F2N4O6PS/c1-18-11-23-8-9-26(31(41)37-16-21(15-35)24(17-37)19-5-3-2-4-6-19)38(23)30(40)25(12-18)36-29(39)28-14-20-13-22(7-10-27(20)46-28)32(33,34)45(42,43)44/h2-7,10,13-14,18,21,23-26,31,41H,8-9,11-12,16-17H2,1H3,(H,36,39)(H2,42,43,44)/t18?,21-,23-,24+,25?,26+,31?/m1/s1. The largest absolute Gasteiger partial charge is 0.399 e. The normalized spacial score (nSPS) is 28.1. The van der Waals surface area contributed by atoms with Gasteiger partial charge in [0.05, 0.1) is 22.9 Å². The first-order valence-electron chi connectivity index (χ1n) is 15.3. The van der Waals surface area contributed by atoms with E-state index in [-0.39, 0.29) is 40.0 Å². The van der Waals surface area contributed by atoms with Crippen LogP contribution in [0.5, 0.6) is 0 Å². The zero-order chi connectivity index (χ0) is 33.0. The van der Waals surface area contributed by atoms with E-state index in [0.717, 1.165) is 29.0 Å². The van der Waals surface area contributed by atoms with E-state index < -0.39 is 43.0 Å². The summed E-state index contributed by atoms with van der Waals surface area (Å²) in [5.74, 6) is -1.12. The maximum atomic E-state index is 14.3. The van der Waals surface area contributed by atoms with Gasteiger partial charge in [-0.15, -0.1) is 11.3 Å². The van der Waals surface area contributed by atoms with E-state index >= 15 is 0 Å². The number of aliphatic hydroxyl groups is 1. The van der Waals surface area contributed by atoms with Gasteiger partial charge in [0.2, 0.25) is 5.91 Å². The van der Waals surface area contributed by atoms with Crippen molar-refractivity contribution in [2.45, 2.75) is 68.5 Å². The number of halogens is 2. The molecule has 6 rings (SSSR count). The average molecular weight is 673 g/mol. The molecule has 3 saturated heterocycles. The van der Waals surface area contributed by atoms with Gasteiger partial charge in [-0.25, -0.2) is 0 Å². The highest BCUT2D eigenvalue weighted by Crippen LogP contribution is 2.59. The monoisotopic (exact) mass is 672 g/mol. The maximum Gasteiger partial charge on any atom is 0.399 e. The number of thiophene rings is 1. The van der Waals surface area contributed by atoms with Crippen molar-refractivity contribution in [3.8, 4) is 6.07 Å². The second-order valence-electron chi connectivity index (χ2n) is 12.7. The number of nitrogens with one attached hydrogen (secondary N) is 1. The molecule has 0 aliphatic carbocycles. The van der Waals surface area contributed by atoms with Crippen LogP contribution in [0.4, 0.5) is 8.78 Å². The zero-order valence-electron chi connectivity index (χ0n) is 25.0. The second kappa shape index (κ2) is 12.4. The molecule has 7 atom stereocenters. The van der Waals surface area contributed by atoms with Gasteiger partial charge < -0.3 is 25.1 Å². The first kappa shape index (κ1) is 32.7. The Labute approximate surface area is 268 Å². The molecule has 2 aromatic carbocycles. The smallest absolute Gasteiger partial charge is 0.376 e. The first-order valence-corrected chi connectivity index (χ1v) is 17.7. The first-order chi connectivity index (χ1) is 21.8. The second-order valence-corrected chi connectivity index (χ2v) is 15.4. The van der Waals surface area contributed by atoms with E-state index in [0.29, 0.717) is 43.5 Å². The molecule has 3 aliphatic rings. The SMILES string of the molecule is CC1CC(NC(=O)c2cc3cc(C(F)(F)P(=O)(O)O)ccc3s2)C(=O)N2[C@H](CC[C@H]2C(O)N2C[C@@H](C#N)[C@H](c3ccccc3)C2)C1. The number of hydrogen-bond acceptors (Lipinski definition) is 7. The van der Waals surface area contributed by atoms with Crippen LogP contribution in [-0.4, -0.2) is 74.0 Å². The molecule has 3 unspecified atom stereocenters. The Hall–Kier alpha value is -3.24. The van der Waals surface area contributed by atoms with Crippen LogP contribution in [0.15, 0.2) is 54.6 Å². The van der Waals surface area contributed by atoms with E-state index in [4.69, 9.17) is 9.79 Å². The minimum Gasteiger partial charge on any atom is -0.376 e. The van der Waals surface area contributed by atoms with Crippen molar-refractivity contribution < 1.29 is 37.8 Å². The Balaban J connectivity index is 1.19. The van der Waals surface area contributed by atoms with Crippen molar-refractivity contribution in [1.29, 1.82) is 5.26 Å². The van der Waals surface area contributed by atoms with E-state index in [1.807, 2.05) is 42.2 Å². The molecule has 46 heavy (non-hydrogen) atoms. The van der Waals surface area contributed by atoms with Crippen molar-refractivity contribution >= 4 is 40.8 Å². The molecule has 3 aliphatic heterocycles. The summed E-state index contributed by atoms with van der Waals surface area (Å²) in [6.45, 7) is 2.88. The fourth-order valence-electron chi connectivity index (χ4n) is 7.35. The number of amides is 2. The number of hydrogen-bond donors (Lipinski definition) is 4. The van der Waals surface area contributed by atoms with Gasteiger partial charge in [-0.1, -0.05) is 43.3 Å². The van der Waals surface area contributed by atoms with Gasteiger partial charge in [-0.05, 0) is 60.7 Å². The Morgan fingerprint density at radius 3 is 2.57 bits per heavy atom. The van der Waals surface area contributed by atoms with Crippen LogP contribution in [-0.2, 0) is 15.0 Å². The summed E-state index contributed by atoms with van der Waals surface area (Å²) in [5.41, 5.74) is -4.21. The number of rotatable bonds is 7. The maximum absolute atomic E-state index is 14.3. The molecule has 244 valence electrons. The molecule has 3 aromatic rings. The van der Waals surface area contributed by atoms with Gasteiger partial charge in [0, 0.05) is 35.3 Å². The minimum atomic E-state index is -5.76. The van der Waals surface area contributed by atoms with Gasteiger partial charge in [0.25, 0.3) is 5.91 Å². The molecule has 0 radical (unpaired) electrons. The molecule has 0 bridgehead atoms. The van der Waals surface area contributed by atoms with Gasteiger partial charge >= 0.3 is 13.3 Å². The third kappa shape index (κ3) is 5.99. The van der Waals surface area contributed by atoms with E-state index in [1.54, 1.807) is 4.90 Å². The molecular formula is C32H35F2N4O6PS. The summed E-state index contributed by atoms with van der Waals surface area (Å²) < 4.78 is 40.4. The molecular weight excluding hydrogens is 637 g/mol. The van der Waals surface area contributed by atoms with Crippen LogP contribution >= 0.6 is 18.9 Å². The topological polar surface area (TPSA) is 154 Å². The highest BCUT2D eigenvalue weighted by Gasteiger charge is 2.51. The lowest BCUT2D eigenvalue weighted by Gasteiger charge is -2.37. The van der Waals surface area contributed by atoms with Crippen molar-refractivity contribution in [3.63, 3.8) is 0 Å².